The molecule has 0 fully saturated rings. The Hall–Kier alpha value is -8.00. The number of ether oxygens (including phenoxy) is 1. The Labute approximate surface area is 367 Å². The summed E-state index contributed by atoms with van der Waals surface area (Å²) in [5, 5.41) is 14.7. The monoisotopic (exact) mass is 802 g/mol. The quantitative estimate of drug-likeness (QED) is 0.152. The molecule has 12 aromatic rings. The highest BCUT2D eigenvalue weighted by atomic mass is 16.5. The van der Waals surface area contributed by atoms with Crippen molar-refractivity contribution in [2.24, 2.45) is 0 Å². The third kappa shape index (κ3) is 6.00. The SMILES string of the molecule is COc1cc2c(cc1-c1cc3c(cc1C)c(-c1ccccc1)cc1c4ccccc4c(-c4ccccc4)cc31)c(-c1ccccc1)cc1c3ccccc3c(-c3ccccc3)cc21. The zero-order valence-corrected chi connectivity index (χ0v) is 35.2. The van der Waals surface area contributed by atoms with E-state index in [1.165, 1.54) is 115 Å². The average molecular weight is 803 g/mol. The smallest absolute Gasteiger partial charge is 0.127 e. The predicted molar refractivity (Wildman–Crippen MR) is 270 cm³/mol. The summed E-state index contributed by atoms with van der Waals surface area (Å²) in [5.41, 5.74) is 13.1. The van der Waals surface area contributed by atoms with Gasteiger partial charge in [-0.2, -0.15) is 0 Å². The molecule has 0 atom stereocenters. The maximum atomic E-state index is 6.49. The van der Waals surface area contributed by atoms with Crippen LogP contribution in [-0.4, -0.2) is 7.11 Å². The molecule has 0 aromatic heterocycles. The molecule has 0 N–H and O–H groups in total. The lowest BCUT2D eigenvalue weighted by molar-refractivity contribution is 0.417. The van der Waals surface area contributed by atoms with Crippen LogP contribution >= 0.6 is 0 Å². The Balaban J connectivity index is 1.20. The summed E-state index contributed by atoms with van der Waals surface area (Å²) < 4.78 is 6.49. The van der Waals surface area contributed by atoms with Gasteiger partial charge in [0.2, 0.25) is 0 Å². The lowest BCUT2D eigenvalue weighted by Gasteiger charge is -2.20. The van der Waals surface area contributed by atoms with Crippen LogP contribution in [0.1, 0.15) is 5.56 Å². The van der Waals surface area contributed by atoms with Crippen LogP contribution in [0.25, 0.3) is 120 Å². The van der Waals surface area contributed by atoms with Crippen LogP contribution in [-0.2, 0) is 0 Å². The van der Waals surface area contributed by atoms with Gasteiger partial charge < -0.3 is 4.74 Å². The summed E-state index contributed by atoms with van der Waals surface area (Å²) in [4.78, 5) is 0. The van der Waals surface area contributed by atoms with Gasteiger partial charge in [0.15, 0.2) is 0 Å². The van der Waals surface area contributed by atoms with E-state index in [0.717, 1.165) is 16.9 Å². The molecular weight excluding hydrogens is 761 g/mol. The van der Waals surface area contributed by atoms with E-state index in [1.807, 2.05) is 7.11 Å². The lowest BCUT2D eigenvalue weighted by Crippen LogP contribution is -1.95. The summed E-state index contributed by atoms with van der Waals surface area (Å²) in [6, 6.07) is 80.2. The van der Waals surface area contributed by atoms with Gasteiger partial charge in [0, 0.05) is 5.56 Å². The fourth-order valence-corrected chi connectivity index (χ4v) is 10.3. The second-order valence-corrected chi connectivity index (χ2v) is 16.8. The molecular formula is C62H42O. The van der Waals surface area contributed by atoms with Crippen LogP contribution in [0.4, 0.5) is 0 Å². The Morgan fingerprint density at radius 3 is 0.937 bits per heavy atom. The van der Waals surface area contributed by atoms with Crippen molar-refractivity contribution in [3.05, 3.63) is 224 Å². The van der Waals surface area contributed by atoms with Crippen molar-refractivity contribution in [2.45, 2.75) is 6.92 Å². The number of hydrogen-bond donors (Lipinski definition) is 0. The number of fused-ring (bicyclic) bond motifs is 10. The molecule has 0 saturated carbocycles. The highest BCUT2D eigenvalue weighted by Gasteiger charge is 2.21. The summed E-state index contributed by atoms with van der Waals surface area (Å²) >= 11 is 0. The number of rotatable bonds is 6. The third-order valence-corrected chi connectivity index (χ3v) is 13.2. The molecule has 1 nitrogen and oxygen atoms in total. The van der Waals surface area contributed by atoms with Crippen LogP contribution in [0.2, 0.25) is 0 Å². The molecule has 0 aliphatic carbocycles. The second-order valence-electron chi connectivity index (χ2n) is 16.8. The van der Waals surface area contributed by atoms with Crippen LogP contribution in [0, 0.1) is 6.92 Å². The number of hydrogen-bond acceptors (Lipinski definition) is 1. The predicted octanol–water partition coefficient (Wildman–Crippen LogP) is 17.3. The van der Waals surface area contributed by atoms with E-state index in [9.17, 15) is 0 Å². The molecule has 0 saturated heterocycles. The molecule has 63 heavy (non-hydrogen) atoms. The van der Waals surface area contributed by atoms with E-state index < -0.39 is 0 Å². The number of methoxy groups -OCH3 is 1. The first-order valence-electron chi connectivity index (χ1n) is 21.8. The van der Waals surface area contributed by atoms with Gasteiger partial charge in [-0.05, 0) is 170 Å². The molecule has 12 aromatic carbocycles. The first kappa shape index (κ1) is 36.8. The summed E-state index contributed by atoms with van der Waals surface area (Å²) in [6.07, 6.45) is 0. The van der Waals surface area contributed by atoms with Gasteiger partial charge >= 0.3 is 0 Å². The minimum absolute atomic E-state index is 0.852. The summed E-state index contributed by atoms with van der Waals surface area (Å²) in [6.45, 7) is 2.25. The molecule has 12 rings (SSSR count). The minimum Gasteiger partial charge on any atom is -0.496 e. The normalized spacial score (nSPS) is 11.7. The van der Waals surface area contributed by atoms with E-state index in [-0.39, 0.29) is 0 Å². The zero-order chi connectivity index (χ0) is 42.0. The van der Waals surface area contributed by atoms with Gasteiger partial charge in [0.1, 0.15) is 5.75 Å². The van der Waals surface area contributed by atoms with Crippen LogP contribution < -0.4 is 4.74 Å². The second kappa shape index (κ2) is 14.9. The maximum absolute atomic E-state index is 6.49. The molecule has 0 amide bonds. The minimum atomic E-state index is 0.852. The highest BCUT2D eigenvalue weighted by molar-refractivity contribution is 6.26. The molecule has 0 spiro atoms. The van der Waals surface area contributed by atoms with E-state index in [1.54, 1.807) is 0 Å². The standard InChI is InChI=1S/C62H42O/c1-39-31-53-51(42-23-11-5-12-24-42)35-54-46-29-17-15-27-44(46)49(40-19-7-3-8-20-40)33-58(54)57(53)32-48(39)61-37-56-52(43-25-13-6-14-26-43)36-55-47-30-18-16-28-45(47)50(41-21-9-4-10-22-41)34-59(55)60(56)38-62(61)63-2/h3-38H,1-2H3. The first-order valence-corrected chi connectivity index (χ1v) is 21.8. The van der Waals surface area contributed by atoms with E-state index in [4.69, 9.17) is 4.74 Å². The lowest BCUT2D eigenvalue weighted by atomic mass is 9.84. The van der Waals surface area contributed by atoms with Crippen molar-refractivity contribution in [3.63, 3.8) is 0 Å². The van der Waals surface area contributed by atoms with E-state index in [2.05, 4.69) is 225 Å². The van der Waals surface area contributed by atoms with Gasteiger partial charge in [0.05, 0.1) is 7.11 Å². The Bertz CT molecular complexity index is 3740. The van der Waals surface area contributed by atoms with Gasteiger partial charge in [-0.3, -0.25) is 0 Å². The van der Waals surface area contributed by atoms with Gasteiger partial charge in [-0.15, -0.1) is 0 Å². The van der Waals surface area contributed by atoms with Crippen molar-refractivity contribution in [1.29, 1.82) is 0 Å². The van der Waals surface area contributed by atoms with Crippen molar-refractivity contribution in [3.8, 4) is 61.4 Å². The summed E-state index contributed by atoms with van der Waals surface area (Å²) in [5.74, 6) is 0.852. The van der Waals surface area contributed by atoms with Gasteiger partial charge in [-0.1, -0.05) is 176 Å². The first-order chi connectivity index (χ1) is 31.1. The Kier molecular flexibility index (Phi) is 8.69. The van der Waals surface area contributed by atoms with E-state index in [0.29, 0.717) is 0 Å². The molecule has 0 aliphatic rings. The fourth-order valence-electron chi connectivity index (χ4n) is 10.3. The molecule has 0 heterocycles. The van der Waals surface area contributed by atoms with Crippen molar-refractivity contribution >= 4 is 64.6 Å². The van der Waals surface area contributed by atoms with Crippen LogP contribution in [0.3, 0.4) is 0 Å². The van der Waals surface area contributed by atoms with Gasteiger partial charge in [0.25, 0.3) is 0 Å². The zero-order valence-electron chi connectivity index (χ0n) is 35.2. The Morgan fingerprint density at radius 2 is 0.524 bits per heavy atom. The molecule has 0 bridgehead atoms. The van der Waals surface area contributed by atoms with Crippen LogP contribution in [0.15, 0.2) is 218 Å². The molecule has 0 aliphatic heterocycles. The highest BCUT2D eigenvalue weighted by Crippen LogP contribution is 2.48. The number of aryl methyl sites for hydroxylation is 1. The van der Waals surface area contributed by atoms with Gasteiger partial charge in [-0.25, -0.2) is 0 Å². The topological polar surface area (TPSA) is 9.23 Å². The molecule has 296 valence electrons. The molecule has 0 unspecified atom stereocenters. The summed E-state index contributed by atoms with van der Waals surface area (Å²) in [7, 11) is 1.82. The van der Waals surface area contributed by atoms with Crippen molar-refractivity contribution in [1.82, 2.24) is 0 Å². The van der Waals surface area contributed by atoms with Crippen molar-refractivity contribution < 1.29 is 4.74 Å². The van der Waals surface area contributed by atoms with Crippen molar-refractivity contribution in [2.75, 3.05) is 7.11 Å². The van der Waals surface area contributed by atoms with Crippen LogP contribution in [0.5, 0.6) is 5.75 Å². The van der Waals surface area contributed by atoms with E-state index >= 15 is 0 Å². The average Bonchev–Trinajstić information content (AvgIpc) is 3.35. The fraction of sp³-hybridized carbons (Fsp3) is 0.0323. The number of benzene rings is 12. The largest absolute Gasteiger partial charge is 0.496 e. The Morgan fingerprint density at radius 1 is 0.238 bits per heavy atom. The maximum Gasteiger partial charge on any atom is 0.127 e. The molecule has 0 radical (unpaired) electrons. The molecule has 1 heteroatoms. The third-order valence-electron chi connectivity index (χ3n) is 13.2.